The highest BCUT2D eigenvalue weighted by molar-refractivity contribution is 4.71. The quantitative estimate of drug-likeness (QED) is 0.668. The summed E-state index contributed by atoms with van der Waals surface area (Å²) < 4.78 is 0. The fourth-order valence-electron chi connectivity index (χ4n) is 1.11. The number of nitrogens with one attached hydrogen (secondary N) is 1. The molecule has 0 fully saturated rings. The van der Waals surface area contributed by atoms with Gasteiger partial charge in [0.25, 0.3) is 0 Å². The normalized spacial score (nSPS) is 15.0. The largest absolute Gasteiger partial charge is 0.389 e. The van der Waals surface area contributed by atoms with Crippen LogP contribution in [0.3, 0.4) is 0 Å². The molecule has 0 aromatic heterocycles. The molecule has 0 aliphatic rings. The van der Waals surface area contributed by atoms with Gasteiger partial charge in [-0.15, -0.1) is 0 Å². The molecule has 0 saturated heterocycles. The van der Waals surface area contributed by atoms with E-state index in [1.807, 2.05) is 13.8 Å². The lowest BCUT2D eigenvalue weighted by molar-refractivity contribution is 0.0765. The number of rotatable bonds is 6. The van der Waals surface area contributed by atoms with Gasteiger partial charge in [0.15, 0.2) is 0 Å². The van der Waals surface area contributed by atoms with Gasteiger partial charge in [0.1, 0.15) is 0 Å². The van der Waals surface area contributed by atoms with Crippen LogP contribution >= 0.6 is 0 Å². The molecule has 0 bridgehead atoms. The molecule has 0 rings (SSSR count). The number of aliphatic hydroxyl groups is 1. The van der Waals surface area contributed by atoms with Gasteiger partial charge in [0.2, 0.25) is 0 Å². The van der Waals surface area contributed by atoms with Gasteiger partial charge in [-0.2, -0.15) is 0 Å². The molecule has 1 atom stereocenters. The summed E-state index contributed by atoms with van der Waals surface area (Å²) in [6, 6.07) is 0.508. The maximum Gasteiger partial charge on any atom is 0.0715 e. The molecular weight excluding hydrogens is 162 g/mol. The summed E-state index contributed by atoms with van der Waals surface area (Å²) in [5.41, 5.74) is -0.591. The van der Waals surface area contributed by atoms with Crippen LogP contribution in [0.2, 0.25) is 0 Å². The van der Waals surface area contributed by atoms with E-state index < -0.39 is 5.60 Å². The third-order valence-electron chi connectivity index (χ3n) is 2.06. The van der Waals surface area contributed by atoms with E-state index in [1.54, 1.807) is 0 Å². The van der Waals surface area contributed by atoms with Crippen molar-refractivity contribution < 1.29 is 5.11 Å². The van der Waals surface area contributed by atoms with Gasteiger partial charge in [-0.3, -0.25) is 0 Å². The smallest absolute Gasteiger partial charge is 0.0715 e. The Morgan fingerprint density at radius 3 is 2.08 bits per heavy atom. The first-order valence-electron chi connectivity index (χ1n) is 5.27. The predicted octanol–water partition coefficient (Wildman–Crippen LogP) is 2.17. The Kier molecular flexibility index (Phi) is 5.57. The Morgan fingerprint density at radius 2 is 1.69 bits per heavy atom. The molecule has 0 aromatic rings. The summed E-state index contributed by atoms with van der Waals surface area (Å²) in [7, 11) is 0. The van der Waals surface area contributed by atoms with Crippen LogP contribution in [0, 0.1) is 5.92 Å². The molecule has 2 heteroatoms. The summed E-state index contributed by atoms with van der Waals surface area (Å²) in [6.45, 7) is 11.0. The topological polar surface area (TPSA) is 32.3 Å². The number of hydrogen-bond donors (Lipinski definition) is 2. The second kappa shape index (κ2) is 5.61. The molecule has 1 unspecified atom stereocenters. The van der Waals surface area contributed by atoms with Gasteiger partial charge >= 0.3 is 0 Å². The molecule has 0 amide bonds. The van der Waals surface area contributed by atoms with E-state index in [2.05, 4.69) is 26.1 Å². The fraction of sp³-hybridized carbons (Fsp3) is 1.00. The van der Waals surface area contributed by atoms with Crippen LogP contribution < -0.4 is 5.32 Å². The fourth-order valence-corrected chi connectivity index (χ4v) is 1.11. The Labute approximate surface area is 82.7 Å². The molecule has 0 aliphatic carbocycles. The monoisotopic (exact) mass is 187 g/mol. The average Bonchev–Trinajstić information content (AvgIpc) is 1.95. The van der Waals surface area contributed by atoms with E-state index in [0.717, 1.165) is 5.92 Å². The summed E-state index contributed by atoms with van der Waals surface area (Å²) in [5, 5.41) is 12.8. The highest BCUT2D eigenvalue weighted by Crippen LogP contribution is 2.07. The molecular formula is C11H25NO. The minimum atomic E-state index is -0.591. The van der Waals surface area contributed by atoms with E-state index in [4.69, 9.17) is 0 Å². The first-order chi connectivity index (χ1) is 5.81. The lowest BCUT2D eigenvalue weighted by atomic mass is 10.0. The van der Waals surface area contributed by atoms with E-state index in [1.165, 1.54) is 12.8 Å². The second-order valence-electron chi connectivity index (χ2n) is 5.07. The zero-order chi connectivity index (χ0) is 10.5. The Bertz CT molecular complexity index is 127. The van der Waals surface area contributed by atoms with Gasteiger partial charge in [0.05, 0.1) is 5.60 Å². The molecule has 0 heterocycles. The van der Waals surface area contributed by atoms with Crippen LogP contribution in [-0.4, -0.2) is 23.3 Å². The van der Waals surface area contributed by atoms with Crippen LogP contribution in [0.5, 0.6) is 0 Å². The lowest BCUT2D eigenvalue weighted by Crippen LogP contribution is -2.39. The van der Waals surface area contributed by atoms with E-state index in [9.17, 15) is 5.11 Å². The van der Waals surface area contributed by atoms with Crippen LogP contribution in [0.4, 0.5) is 0 Å². The SMILES string of the molecule is CC(C)CCC(C)NCC(C)(C)O. The standard InChI is InChI=1S/C11H25NO/c1-9(2)6-7-10(3)12-8-11(4,5)13/h9-10,12-13H,6-8H2,1-5H3. The first-order valence-corrected chi connectivity index (χ1v) is 5.27. The van der Waals surface area contributed by atoms with E-state index in [-0.39, 0.29) is 0 Å². The lowest BCUT2D eigenvalue weighted by Gasteiger charge is -2.22. The van der Waals surface area contributed by atoms with Gasteiger partial charge in [-0.25, -0.2) is 0 Å². The van der Waals surface area contributed by atoms with Crippen molar-refractivity contribution in [3.8, 4) is 0 Å². The average molecular weight is 187 g/mol. The summed E-state index contributed by atoms with van der Waals surface area (Å²) in [5.74, 6) is 0.770. The van der Waals surface area contributed by atoms with Crippen molar-refractivity contribution in [3.05, 3.63) is 0 Å². The third kappa shape index (κ3) is 9.84. The van der Waals surface area contributed by atoms with Crippen molar-refractivity contribution in [2.75, 3.05) is 6.54 Å². The van der Waals surface area contributed by atoms with Crippen molar-refractivity contribution in [2.45, 2.75) is 59.1 Å². The van der Waals surface area contributed by atoms with Gasteiger partial charge < -0.3 is 10.4 Å². The number of hydrogen-bond acceptors (Lipinski definition) is 2. The molecule has 0 saturated carbocycles. The molecule has 13 heavy (non-hydrogen) atoms. The van der Waals surface area contributed by atoms with Gasteiger partial charge in [-0.05, 0) is 39.5 Å². The van der Waals surface area contributed by atoms with Crippen molar-refractivity contribution >= 4 is 0 Å². The van der Waals surface area contributed by atoms with Gasteiger partial charge in [0, 0.05) is 12.6 Å². The van der Waals surface area contributed by atoms with Crippen LogP contribution in [0.15, 0.2) is 0 Å². The second-order valence-corrected chi connectivity index (χ2v) is 5.07. The van der Waals surface area contributed by atoms with Crippen molar-refractivity contribution in [1.82, 2.24) is 5.32 Å². The van der Waals surface area contributed by atoms with Crippen LogP contribution in [0.25, 0.3) is 0 Å². The first kappa shape index (κ1) is 12.9. The minimum Gasteiger partial charge on any atom is -0.389 e. The Morgan fingerprint density at radius 1 is 1.15 bits per heavy atom. The summed E-state index contributed by atoms with van der Waals surface area (Å²) >= 11 is 0. The van der Waals surface area contributed by atoms with Crippen LogP contribution in [0.1, 0.15) is 47.5 Å². The molecule has 0 aliphatic heterocycles. The highest BCUT2D eigenvalue weighted by Gasteiger charge is 2.13. The molecule has 0 spiro atoms. The van der Waals surface area contributed by atoms with Crippen LogP contribution in [-0.2, 0) is 0 Å². The van der Waals surface area contributed by atoms with E-state index in [0.29, 0.717) is 12.6 Å². The Balaban J connectivity index is 3.46. The van der Waals surface area contributed by atoms with E-state index >= 15 is 0 Å². The van der Waals surface area contributed by atoms with Gasteiger partial charge in [-0.1, -0.05) is 13.8 Å². The molecule has 2 N–H and O–H groups in total. The molecule has 0 radical (unpaired) electrons. The zero-order valence-electron chi connectivity index (χ0n) is 9.72. The highest BCUT2D eigenvalue weighted by atomic mass is 16.3. The Hall–Kier alpha value is -0.0800. The predicted molar refractivity (Wildman–Crippen MR) is 57.8 cm³/mol. The maximum atomic E-state index is 9.48. The molecule has 0 aromatic carbocycles. The minimum absolute atomic E-state index is 0.508. The summed E-state index contributed by atoms with van der Waals surface area (Å²) in [4.78, 5) is 0. The van der Waals surface area contributed by atoms with Crippen molar-refractivity contribution in [1.29, 1.82) is 0 Å². The zero-order valence-corrected chi connectivity index (χ0v) is 9.72. The molecule has 80 valence electrons. The molecule has 2 nitrogen and oxygen atoms in total. The maximum absolute atomic E-state index is 9.48. The van der Waals surface area contributed by atoms with Crippen molar-refractivity contribution in [2.24, 2.45) is 5.92 Å². The summed E-state index contributed by atoms with van der Waals surface area (Å²) in [6.07, 6.45) is 2.44. The van der Waals surface area contributed by atoms with Crippen molar-refractivity contribution in [3.63, 3.8) is 0 Å². The third-order valence-corrected chi connectivity index (χ3v) is 2.06.